The molecule has 1 aromatic carbocycles. The van der Waals surface area contributed by atoms with Crippen molar-refractivity contribution in [1.29, 1.82) is 0 Å². The predicted molar refractivity (Wildman–Crippen MR) is 104 cm³/mol. The standard InChI is InChI=1S/C20H29N5O2/c1-15-12-25(7-8-27-15)13-17-6-4-5-16(9-17)10-22-20(26)19(21-2)18-11-23-24(3)14-18/h4-6,9,11,14-15,19,21H,7-8,10,12-13H2,1-3H3,(H,22,26). The van der Waals surface area contributed by atoms with E-state index in [0.717, 1.165) is 37.4 Å². The highest BCUT2D eigenvalue weighted by Crippen LogP contribution is 2.14. The van der Waals surface area contributed by atoms with Crippen LogP contribution in [0.4, 0.5) is 0 Å². The summed E-state index contributed by atoms with van der Waals surface area (Å²) >= 11 is 0. The van der Waals surface area contributed by atoms with Crippen molar-refractivity contribution in [2.24, 2.45) is 7.05 Å². The minimum atomic E-state index is -0.406. The van der Waals surface area contributed by atoms with Crippen LogP contribution in [0.2, 0.25) is 0 Å². The largest absolute Gasteiger partial charge is 0.376 e. The number of likely N-dealkylation sites (N-methyl/N-ethyl adjacent to an activating group) is 1. The molecule has 0 bridgehead atoms. The minimum Gasteiger partial charge on any atom is -0.376 e. The molecule has 0 saturated carbocycles. The lowest BCUT2D eigenvalue weighted by molar-refractivity contribution is -0.123. The Morgan fingerprint density at radius 3 is 2.93 bits per heavy atom. The zero-order valence-electron chi connectivity index (χ0n) is 16.3. The molecule has 1 saturated heterocycles. The molecule has 1 aromatic heterocycles. The maximum Gasteiger partial charge on any atom is 0.242 e. The molecule has 2 N–H and O–H groups in total. The molecule has 1 fully saturated rings. The molecule has 0 radical (unpaired) electrons. The molecular formula is C20H29N5O2. The molecule has 146 valence electrons. The van der Waals surface area contributed by atoms with Gasteiger partial charge < -0.3 is 15.4 Å². The van der Waals surface area contributed by atoms with Crippen molar-refractivity contribution in [1.82, 2.24) is 25.3 Å². The number of aromatic nitrogens is 2. The highest BCUT2D eigenvalue weighted by Gasteiger charge is 2.20. The Morgan fingerprint density at radius 2 is 2.22 bits per heavy atom. The number of rotatable bonds is 7. The van der Waals surface area contributed by atoms with Gasteiger partial charge in [-0.1, -0.05) is 24.3 Å². The average molecular weight is 371 g/mol. The molecular weight excluding hydrogens is 342 g/mol. The Balaban J connectivity index is 1.56. The van der Waals surface area contributed by atoms with Crippen molar-refractivity contribution in [3.8, 4) is 0 Å². The van der Waals surface area contributed by atoms with E-state index in [1.165, 1.54) is 5.56 Å². The summed E-state index contributed by atoms with van der Waals surface area (Å²) < 4.78 is 7.30. The summed E-state index contributed by atoms with van der Waals surface area (Å²) in [7, 11) is 3.62. The predicted octanol–water partition coefficient (Wildman–Crippen LogP) is 1.22. The summed E-state index contributed by atoms with van der Waals surface area (Å²) in [5, 5.41) is 10.2. The second-order valence-corrected chi connectivity index (χ2v) is 7.12. The lowest BCUT2D eigenvalue weighted by atomic mass is 10.1. The number of hydrogen-bond acceptors (Lipinski definition) is 5. The normalized spacial score (nSPS) is 19.0. The Kier molecular flexibility index (Phi) is 6.60. The molecule has 1 aliphatic rings. The Morgan fingerprint density at radius 1 is 1.41 bits per heavy atom. The number of carbonyl (C=O) groups is 1. The van der Waals surface area contributed by atoms with Crippen LogP contribution < -0.4 is 10.6 Å². The number of morpholine rings is 1. The van der Waals surface area contributed by atoms with E-state index in [0.29, 0.717) is 6.54 Å². The van der Waals surface area contributed by atoms with Crippen molar-refractivity contribution < 1.29 is 9.53 Å². The molecule has 7 nitrogen and oxygen atoms in total. The summed E-state index contributed by atoms with van der Waals surface area (Å²) in [6, 6.07) is 7.99. The summed E-state index contributed by atoms with van der Waals surface area (Å²) in [6.45, 7) is 6.22. The minimum absolute atomic E-state index is 0.0575. The molecule has 2 heterocycles. The van der Waals surface area contributed by atoms with E-state index in [1.807, 2.05) is 19.3 Å². The molecule has 27 heavy (non-hydrogen) atoms. The van der Waals surface area contributed by atoms with Crippen LogP contribution in [-0.4, -0.2) is 53.4 Å². The average Bonchev–Trinajstić information content (AvgIpc) is 3.07. The van der Waals surface area contributed by atoms with Gasteiger partial charge in [0.25, 0.3) is 0 Å². The van der Waals surface area contributed by atoms with Gasteiger partial charge in [0, 0.05) is 45.0 Å². The molecule has 3 rings (SSSR count). The summed E-state index contributed by atoms with van der Waals surface area (Å²) in [5.41, 5.74) is 3.21. The third kappa shape index (κ3) is 5.38. The van der Waals surface area contributed by atoms with Gasteiger partial charge in [-0.05, 0) is 25.1 Å². The van der Waals surface area contributed by atoms with Crippen molar-refractivity contribution >= 4 is 5.91 Å². The van der Waals surface area contributed by atoms with Crippen LogP contribution in [0.25, 0.3) is 0 Å². The summed E-state index contributed by atoms with van der Waals surface area (Å²) in [6.07, 6.45) is 3.85. The smallest absolute Gasteiger partial charge is 0.242 e. The van der Waals surface area contributed by atoms with Crippen molar-refractivity contribution in [2.45, 2.75) is 32.2 Å². The zero-order chi connectivity index (χ0) is 19.2. The number of benzene rings is 1. The van der Waals surface area contributed by atoms with Gasteiger partial charge in [-0.3, -0.25) is 14.4 Å². The number of nitrogens with one attached hydrogen (secondary N) is 2. The molecule has 2 aromatic rings. The van der Waals surface area contributed by atoms with Gasteiger partial charge in [0.15, 0.2) is 0 Å². The molecule has 2 atom stereocenters. The molecule has 2 unspecified atom stereocenters. The molecule has 7 heteroatoms. The first-order chi connectivity index (χ1) is 13.0. The van der Waals surface area contributed by atoms with Gasteiger partial charge in [0.1, 0.15) is 6.04 Å². The maximum absolute atomic E-state index is 12.6. The van der Waals surface area contributed by atoms with Crippen LogP contribution in [0.1, 0.15) is 29.7 Å². The first-order valence-corrected chi connectivity index (χ1v) is 9.40. The molecule has 0 spiro atoms. The third-order valence-corrected chi connectivity index (χ3v) is 4.80. The Hall–Kier alpha value is -2.22. The molecule has 1 amide bonds. The van der Waals surface area contributed by atoms with Gasteiger partial charge in [0.05, 0.1) is 18.9 Å². The van der Waals surface area contributed by atoms with Crippen molar-refractivity contribution in [3.05, 3.63) is 53.3 Å². The SMILES string of the molecule is CNC(C(=O)NCc1cccc(CN2CCOC(C)C2)c1)c1cnn(C)c1. The second kappa shape index (κ2) is 9.12. The van der Waals surface area contributed by atoms with Crippen molar-refractivity contribution in [3.63, 3.8) is 0 Å². The van der Waals surface area contributed by atoms with E-state index in [-0.39, 0.29) is 12.0 Å². The van der Waals surface area contributed by atoms with Crippen LogP contribution in [0, 0.1) is 0 Å². The second-order valence-electron chi connectivity index (χ2n) is 7.12. The first-order valence-electron chi connectivity index (χ1n) is 9.40. The van der Waals surface area contributed by atoms with Gasteiger partial charge in [-0.2, -0.15) is 5.10 Å². The van der Waals surface area contributed by atoms with E-state index in [1.54, 1.807) is 17.9 Å². The lowest BCUT2D eigenvalue weighted by Crippen LogP contribution is -2.40. The fraction of sp³-hybridized carbons (Fsp3) is 0.500. The zero-order valence-corrected chi connectivity index (χ0v) is 16.3. The third-order valence-electron chi connectivity index (χ3n) is 4.80. The monoisotopic (exact) mass is 371 g/mol. The molecule has 0 aliphatic carbocycles. The quantitative estimate of drug-likeness (QED) is 0.766. The van der Waals surface area contributed by atoms with Crippen LogP contribution in [-0.2, 0) is 29.7 Å². The number of amides is 1. The van der Waals surface area contributed by atoms with E-state index in [9.17, 15) is 4.79 Å². The Bertz CT molecular complexity index is 760. The first kappa shape index (κ1) is 19.5. The summed E-state index contributed by atoms with van der Waals surface area (Å²) in [4.78, 5) is 15.0. The van der Waals surface area contributed by atoms with Crippen LogP contribution in [0.3, 0.4) is 0 Å². The maximum atomic E-state index is 12.6. The fourth-order valence-corrected chi connectivity index (χ4v) is 3.46. The topological polar surface area (TPSA) is 71.4 Å². The highest BCUT2D eigenvalue weighted by molar-refractivity contribution is 5.83. The van der Waals surface area contributed by atoms with E-state index in [2.05, 4.69) is 45.8 Å². The fourth-order valence-electron chi connectivity index (χ4n) is 3.46. The lowest BCUT2D eigenvalue weighted by Gasteiger charge is -2.31. The number of ether oxygens (including phenoxy) is 1. The van der Waals surface area contributed by atoms with E-state index in [4.69, 9.17) is 4.74 Å². The highest BCUT2D eigenvalue weighted by atomic mass is 16.5. The van der Waals surface area contributed by atoms with Crippen LogP contribution >= 0.6 is 0 Å². The summed E-state index contributed by atoms with van der Waals surface area (Å²) in [5.74, 6) is -0.0575. The number of aryl methyl sites for hydroxylation is 1. The van der Waals surface area contributed by atoms with Crippen LogP contribution in [0.15, 0.2) is 36.7 Å². The number of hydrogen-bond donors (Lipinski definition) is 2. The van der Waals surface area contributed by atoms with Gasteiger partial charge in [-0.15, -0.1) is 0 Å². The number of carbonyl (C=O) groups excluding carboxylic acids is 1. The van der Waals surface area contributed by atoms with E-state index >= 15 is 0 Å². The Labute approximate surface area is 160 Å². The van der Waals surface area contributed by atoms with Crippen molar-refractivity contribution in [2.75, 3.05) is 26.7 Å². The van der Waals surface area contributed by atoms with Gasteiger partial charge in [0.2, 0.25) is 5.91 Å². The molecule has 1 aliphatic heterocycles. The van der Waals surface area contributed by atoms with Gasteiger partial charge in [-0.25, -0.2) is 0 Å². The van der Waals surface area contributed by atoms with E-state index < -0.39 is 6.04 Å². The van der Waals surface area contributed by atoms with Gasteiger partial charge >= 0.3 is 0 Å². The number of nitrogens with zero attached hydrogens (tertiary/aromatic N) is 3. The van der Waals surface area contributed by atoms with Crippen LogP contribution in [0.5, 0.6) is 0 Å².